The maximum Gasteiger partial charge on any atom is 0.166 e. The predicted octanol–water partition coefficient (Wildman–Crippen LogP) is 5.37. The van der Waals surface area contributed by atoms with Crippen molar-refractivity contribution in [2.45, 2.75) is 81.4 Å². The van der Waals surface area contributed by atoms with Gasteiger partial charge in [0.25, 0.3) is 0 Å². The van der Waals surface area contributed by atoms with Crippen molar-refractivity contribution in [2.75, 3.05) is 0 Å². The smallest absolute Gasteiger partial charge is 0.166 e. The first-order valence-electron chi connectivity index (χ1n) is 7.62. The van der Waals surface area contributed by atoms with Crippen LogP contribution in [0.1, 0.15) is 68.2 Å². The Morgan fingerprint density at radius 2 is 1.24 bits per heavy atom. The summed E-state index contributed by atoms with van der Waals surface area (Å²) in [7, 11) is 2.12. The summed E-state index contributed by atoms with van der Waals surface area (Å²) in [5, 5.41) is 0. The Bertz CT molecular complexity index is 215. The van der Waals surface area contributed by atoms with Crippen LogP contribution in [0, 0.1) is 37.0 Å². The zero-order valence-electron chi connectivity index (χ0n) is 14.5. The number of carbonyl (C=O) groups excluding carboxylic acids is 2. The van der Waals surface area contributed by atoms with Crippen LogP contribution in [0.4, 0.5) is 0 Å². The Morgan fingerprint density at radius 3 is 1.33 bits per heavy atom. The predicted molar refractivity (Wildman–Crippen MR) is 93.7 cm³/mol. The van der Waals surface area contributed by atoms with Crippen molar-refractivity contribution in [3.63, 3.8) is 0 Å². The molecule has 0 atom stereocenters. The number of ketones is 2. The molecule has 0 unspecified atom stereocenters. The zero-order chi connectivity index (χ0) is 15.7. The van der Waals surface area contributed by atoms with Crippen molar-refractivity contribution in [3.05, 3.63) is 12.2 Å². The van der Waals surface area contributed by atoms with Crippen molar-refractivity contribution in [1.29, 1.82) is 0 Å². The minimum Gasteiger partial charge on any atom is -0.294 e. The molecule has 0 saturated heterocycles. The van der Waals surface area contributed by atoms with E-state index in [1.807, 2.05) is 20.8 Å². The van der Waals surface area contributed by atoms with E-state index in [9.17, 15) is 9.59 Å². The summed E-state index contributed by atoms with van der Waals surface area (Å²) in [4.78, 5) is 21.4. The molecule has 0 bridgehead atoms. The second-order valence-corrected chi connectivity index (χ2v) is 3.92. The molecule has 2 nitrogen and oxygen atoms in total. The Hall–Kier alpha value is 0.197. The molecule has 0 aliphatic heterocycles. The number of carbonyl (C=O) groups is 2. The molecule has 0 aromatic rings. The fourth-order valence-electron chi connectivity index (χ4n) is 0.939. The van der Waals surface area contributed by atoms with Crippen LogP contribution in [-0.2, 0) is 9.59 Å². The number of allylic oxidation sites excluding steroid dienone is 2. The van der Waals surface area contributed by atoms with Gasteiger partial charge in [-0.2, -0.15) is 0 Å². The van der Waals surface area contributed by atoms with Crippen LogP contribution in [0.3, 0.4) is 0 Å². The van der Waals surface area contributed by atoms with Gasteiger partial charge in [-0.25, -0.2) is 0 Å². The molecular formula is C17H36BO2U. The summed E-state index contributed by atoms with van der Waals surface area (Å²) in [5.74, 6) is -0.435. The molecule has 21 heavy (non-hydrogen) atoms. The van der Waals surface area contributed by atoms with Crippen molar-refractivity contribution in [2.24, 2.45) is 5.92 Å². The Balaban J connectivity index is -0.0000000616. The first kappa shape index (κ1) is 33.0. The molecule has 1 rings (SSSR count). The summed E-state index contributed by atoms with van der Waals surface area (Å²) in [6.45, 7) is 14.4. The first-order valence-corrected chi connectivity index (χ1v) is 7.62. The normalized spacial score (nSPS) is 11.4. The fraction of sp³-hybridized carbons (Fsp3) is 0.765. The van der Waals surface area contributed by atoms with Crippen molar-refractivity contribution >= 4 is 18.8 Å². The van der Waals surface area contributed by atoms with Gasteiger partial charge in [0.15, 0.2) is 11.6 Å². The third-order valence-electron chi connectivity index (χ3n) is 2.42. The molecule has 1 aliphatic carbocycles. The third-order valence-corrected chi connectivity index (χ3v) is 2.42. The maximum absolute atomic E-state index is 10.7. The van der Waals surface area contributed by atoms with Gasteiger partial charge in [-0.15, -0.1) is 0 Å². The summed E-state index contributed by atoms with van der Waals surface area (Å²) in [6.07, 6.45) is 7.18. The van der Waals surface area contributed by atoms with Crippen LogP contribution >= 0.6 is 0 Å². The monoisotopic (exact) mass is 521 g/mol. The number of rotatable bonds is 3. The molecule has 0 aromatic carbocycles. The summed E-state index contributed by atoms with van der Waals surface area (Å²) < 4.78 is 0. The average molecular weight is 521 g/mol. The Kier molecular flexibility index (Phi) is 44.5. The Labute approximate surface area is 158 Å². The van der Waals surface area contributed by atoms with E-state index in [0.29, 0.717) is 6.42 Å². The van der Waals surface area contributed by atoms with E-state index < -0.39 is 0 Å². The van der Waals surface area contributed by atoms with Gasteiger partial charge in [0, 0.05) is 31.1 Å². The molecule has 0 fully saturated rings. The third kappa shape index (κ3) is 22.6. The molecule has 4 heteroatoms. The molecule has 123 valence electrons. The van der Waals surface area contributed by atoms with Gasteiger partial charge in [-0.05, 0) is 18.6 Å². The van der Waals surface area contributed by atoms with Gasteiger partial charge in [0.2, 0.25) is 0 Å². The molecule has 0 heterocycles. The quantitative estimate of drug-likeness (QED) is 0.370. The minimum atomic E-state index is -0.356. The molecule has 0 N–H and O–H groups in total. The molecule has 0 aromatic heterocycles. The maximum atomic E-state index is 10.7. The van der Waals surface area contributed by atoms with Gasteiger partial charge in [-0.3, -0.25) is 9.59 Å². The van der Waals surface area contributed by atoms with Crippen molar-refractivity contribution in [1.82, 2.24) is 0 Å². The summed E-state index contributed by atoms with van der Waals surface area (Å²) in [5.41, 5.74) is 0. The van der Waals surface area contributed by atoms with Crippen molar-refractivity contribution in [3.8, 4) is 0 Å². The van der Waals surface area contributed by atoms with E-state index in [-0.39, 0.29) is 56.0 Å². The zero-order valence-corrected chi connectivity index (χ0v) is 18.6. The van der Waals surface area contributed by atoms with Crippen molar-refractivity contribution < 1.29 is 40.7 Å². The topological polar surface area (TPSA) is 34.1 Å². The van der Waals surface area contributed by atoms with Crippen LogP contribution in [-0.4, -0.2) is 18.8 Å². The van der Waals surface area contributed by atoms with E-state index in [1.165, 1.54) is 31.3 Å². The van der Waals surface area contributed by atoms with Crippen LogP contribution in [0.25, 0.3) is 0 Å². The molecule has 0 amide bonds. The second-order valence-electron chi connectivity index (χ2n) is 3.92. The second kappa shape index (κ2) is 28.4. The summed E-state index contributed by atoms with van der Waals surface area (Å²) in [6, 6.07) is 0. The van der Waals surface area contributed by atoms with E-state index >= 15 is 0 Å². The van der Waals surface area contributed by atoms with Gasteiger partial charge >= 0.3 is 0 Å². The van der Waals surface area contributed by atoms with E-state index in [0.717, 1.165) is 0 Å². The van der Waals surface area contributed by atoms with Crippen LogP contribution < -0.4 is 0 Å². The van der Waals surface area contributed by atoms with E-state index in [2.05, 4.69) is 34.9 Å². The largest absolute Gasteiger partial charge is 0.294 e. The van der Waals surface area contributed by atoms with E-state index in [1.54, 1.807) is 0 Å². The van der Waals surface area contributed by atoms with E-state index in [4.69, 9.17) is 0 Å². The number of hydrogen-bond acceptors (Lipinski definition) is 2. The standard InChI is InChI=1S/C7H8O2.C4H10.C3H8B.C2H6.CH4.U/c1-2-5-6(8)3-4-7(5)9;2*1-3-4-2;1-2;;/h3-5H,2H2,1H3;3-4H2,1-2H3;3H2,1-2H3;1-2H3;1H4;. The first-order chi connectivity index (χ1) is 9.08. The number of unbranched alkanes of at least 4 members (excludes halogenated alkanes) is 1. The van der Waals surface area contributed by atoms with Gasteiger partial charge < -0.3 is 0 Å². The molecular weight excluding hydrogens is 485 g/mol. The average Bonchev–Trinajstić information content (AvgIpc) is 2.80. The molecule has 0 saturated carbocycles. The Morgan fingerprint density at radius 1 is 0.952 bits per heavy atom. The molecule has 0 spiro atoms. The van der Waals surface area contributed by atoms with Gasteiger partial charge in [-0.1, -0.05) is 75.0 Å². The van der Waals surface area contributed by atoms with Crippen LogP contribution in [0.2, 0.25) is 13.1 Å². The summed E-state index contributed by atoms with van der Waals surface area (Å²) >= 11 is 0. The van der Waals surface area contributed by atoms with Crippen LogP contribution in [0.15, 0.2) is 12.2 Å². The number of hydrogen-bond donors (Lipinski definition) is 0. The van der Waals surface area contributed by atoms with Gasteiger partial charge in [0.1, 0.15) is 7.28 Å². The fourth-order valence-corrected chi connectivity index (χ4v) is 0.939. The SMILES string of the molecule is C.CC.CCC1C(=O)C=CC1=O.CCCC.C[B]CC.[U]. The van der Waals surface area contributed by atoms with Gasteiger partial charge in [0.05, 0.1) is 5.92 Å². The molecule has 1 aliphatic rings. The van der Waals surface area contributed by atoms with Crippen LogP contribution in [0.5, 0.6) is 0 Å². The molecule has 1 radical (unpaired) electrons. The minimum absolute atomic E-state index is 0.